The van der Waals surface area contributed by atoms with Gasteiger partial charge in [0.2, 0.25) is 0 Å². The molecule has 0 fully saturated rings. The Hall–Kier alpha value is -1.01. The highest BCUT2D eigenvalue weighted by Crippen LogP contribution is 2.31. The first-order chi connectivity index (χ1) is 8.95. The van der Waals surface area contributed by atoms with Gasteiger partial charge < -0.3 is 5.32 Å². The van der Waals surface area contributed by atoms with Crippen molar-refractivity contribution >= 4 is 34.7 Å². The van der Waals surface area contributed by atoms with Gasteiger partial charge in [0.25, 0.3) is 5.69 Å². The summed E-state index contributed by atoms with van der Waals surface area (Å²) in [7, 11) is 0. The summed E-state index contributed by atoms with van der Waals surface area (Å²) in [4.78, 5) is 10.3. The molecule has 0 aliphatic heterocycles. The zero-order valence-electron chi connectivity index (χ0n) is 10.8. The Morgan fingerprint density at radius 1 is 1.58 bits per heavy atom. The molecule has 1 aromatic rings. The van der Waals surface area contributed by atoms with Crippen molar-refractivity contribution in [3.8, 4) is 0 Å². The average Bonchev–Trinajstić information content (AvgIpc) is 2.33. The third-order valence-electron chi connectivity index (χ3n) is 2.54. The van der Waals surface area contributed by atoms with Crippen LogP contribution in [0.2, 0.25) is 5.02 Å². The summed E-state index contributed by atoms with van der Waals surface area (Å²) in [6, 6.07) is 2.16. The van der Waals surface area contributed by atoms with Crippen LogP contribution in [0, 0.1) is 15.9 Å². The van der Waals surface area contributed by atoms with E-state index >= 15 is 0 Å². The molecule has 0 aromatic heterocycles. The second kappa shape index (κ2) is 7.55. The molecule has 4 nitrogen and oxygen atoms in total. The van der Waals surface area contributed by atoms with E-state index in [-0.39, 0.29) is 22.4 Å². The van der Waals surface area contributed by atoms with Crippen LogP contribution in [0.25, 0.3) is 0 Å². The minimum atomic E-state index is -0.784. The third-order valence-corrected chi connectivity index (χ3v) is 3.76. The fourth-order valence-electron chi connectivity index (χ4n) is 1.55. The Bertz CT molecular complexity index is 460. The van der Waals surface area contributed by atoms with Gasteiger partial charge in [-0.15, -0.1) is 0 Å². The van der Waals surface area contributed by atoms with E-state index in [0.717, 1.165) is 24.0 Å². The van der Waals surface area contributed by atoms with Gasteiger partial charge in [0, 0.05) is 6.04 Å². The van der Waals surface area contributed by atoms with E-state index in [9.17, 15) is 14.5 Å². The molecule has 0 radical (unpaired) electrons. The maximum atomic E-state index is 13.2. The second-order valence-corrected chi connectivity index (χ2v) is 5.87. The zero-order valence-corrected chi connectivity index (χ0v) is 12.4. The molecular formula is C12H16ClFN2O2S. The Morgan fingerprint density at radius 3 is 2.84 bits per heavy atom. The molecule has 0 saturated carbocycles. The number of nitrogens with zero attached hydrogens (tertiary/aromatic N) is 1. The van der Waals surface area contributed by atoms with E-state index in [1.807, 2.05) is 6.92 Å². The number of hydrogen-bond donors (Lipinski definition) is 1. The van der Waals surface area contributed by atoms with Crippen LogP contribution in [0.3, 0.4) is 0 Å². The molecule has 1 aromatic carbocycles. The lowest BCUT2D eigenvalue weighted by Gasteiger charge is -2.15. The number of thioether (sulfide) groups is 1. The van der Waals surface area contributed by atoms with Gasteiger partial charge in [-0.2, -0.15) is 11.8 Å². The van der Waals surface area contributed by atoms with Gasteiger partial charge in [-0.05, 0) is 30.9 Å². The number of nitro benzene ring substituents is 1. The Morgan fingerprint density at radius 2 is 2.26 bits per heavy atom. The van der Waals surface area contributed by atoms with Crippen LogP contribution < -0.4 is 5.32 Å². The van der Waals surface area contributed by atoms with Gasteiger partial charge >= 0.3 is 0 Å². The molecule has 19 heavy (non-hydrogen) atoms. The smallest absolute Gasteiger partial charge is 0.295 e. The Kier molecular flexibility index (Phi) is 6.37. The summed E-state index contributed by atoms with van der Waals surface area (Å²) in [5.74, 6) is 1.22. The van der Waals surface area contributed by atoms with E-state index in [1.165, 1.54) is 6.07 Å². The molecule has 1 N–H and O–H groups in total. The van der Waals surface area contributed by atoms with Gasteiger partial charge in [-0.3, -0.25) is 10.1 Å². The number of benzene rings is 1. The SMILES string of the molecule is CCSCCC(C)Nc1cc(Cl)c(F)cc1[N+](=O)[O-]. The predicted octanol–water partition coefficient (Wildman–Crippen LogP) is 4.33. The number of halogens is 2. The van der Waals surface area contributed by atoms with Crippen LogP contribution in [-0.4, -0.2) is 22.5 Å². The van der Waals surface area contributed by atoms with Crippen LogP contribution in [0.15, 0.2) is 12.1 Å². The highest BCUT2D eigenvalue weighted by atomic mass is 35.5. The monoisotopic (exact) mass is 306 g/mol. The molecule has 7 heteroatoms. The van der Waals surface area contributed by atoms with Gasteiger partial charge in [0.05, 0.1) is 16.0 Å². The number of rotatable bonds is 7. The maximum Gasteiger partial charge on any atom is 0.295 e. The van der Waals surface area contributed by atoms with Crippen molar-refractivity contribution in [3.63, 3.8) is 0 Å². The van der Waals surface area contributed by atoms with Crippen molar-refractivity contribution < 1.29 is 9.31 Å². The third kappa shape index (κ3) is 4.87. The lowest BCUT2D eigenvalue weighted by atomic mass is 10.2. The highest BCUT2D eigenvalue weighted by Gasteiger charge is 2.19. The maximum absolute atomic E-state index is 13.2. The lowest BCUT2D eigenvalue weighted by molar-refractivity contribution is -0.384. The highest BCUT2D eigenvalue weighted by molar-refractivity contribution is 7.99. The number of nitro groups is 1. The topological polar surface area (TPSA) is 55.2 Å². The van der Waals surface area contributed by atoms with Crippen molar-refractivity contribution in [3.05, 3.63) is 33.1 Å². The Balaban J connectivity index is 2.81. The van der Waals surface area contributed by atoms with Crippen LogP contribution in [0.5, 0.6) is 0 Å². The van der Waals surface area contributed by atoms with Gasteiger partial charge in [-0.1, -0.05) is 18.5 Å². The molecule has 1 unspecified atom stereocenters. The fourth-order valence-corrected chi connectivity index (χ4v) is 2.52. The van der Waals surface area contributed by atoms with Crippen molar-refractivity contribution in [2.45, 2.75) is 26.3 Å². The molecule has 1 rings (SSSR count). The zero-order chi connectivity index (χ0) is 14.4. The van der Waals surface area contributed by atoms with E-state index in [4.69, 9.17) is 11.6 Å². The van der Waals surface area contributed by atoms with Crippen LogP contribution in [-0.2, 0) is 0 Å². The van der Waals surface area contributed by atoms with Crippen LogP contribution in [0.1, 0.15) is 20.3 Å². The van der Waals surface area contributed by atoms with E-state index in [2.05, 4.69) is 12.2 Å². The summed E-state index contributed by atoms with van der Waals surface area (Å²) < 4.78 is 13.2. The summed E-state index contributed by atoms with van der Waals surface area (Å²) in [6.07, 6.45) is 0.866. The summed E-state index contributed by atoms with van der Waals surface area (Å²) >= 11 is 7.46. The lowest BCUT2D eigenvalue weighted by Crippen LogP contribution is -2.17. The first-order valence-electron chi connectivity index (χ1n) is 5.93. The molecule has 0 spiro atoms. The number of nitrogens with one attached hydrogen (secondary N) is 1. The molecule has 0 heterocycles. The van der Waals surface area contributed by atoms with Crippen LogP contribution in [0.4, 0.5) is 15.8 Å². The van der Waals surface area contributed by atoms with Crippen molar-refractivity contribution in [2.24, 2.45) is 0 Å². The largest absolute Gasteiger partial charge is 0.377 e. The molecule has 0 aliphatic rings. The number of hydrogen-bond acceptors (Lipinski definition) is 4. The van der Waals surface area contributed by atoms with Gasteiger partial charge in [-0.25, -0.2) is 4.39 Å². The summed E-state index contributed by atoms with van der Waals surface area (Å²) in [6.45, 7) is 4.00. The molecule has 106 valence electrons. The summed E-state index contributed by atoms with van der Waals surface area (Å²) in [5.41, 5.74) is -0.0395. The first-order valence-corrected chi connectivity index (χ1v) is 7.46. The van der Waals surface area contributed by atoms with Crippen molar-refractivity contribution in [2.75, 3.05) is 16.8 Å². The van der Waals surface area contributed by atoms with Crippen LogP contribution >= 0.6 is 23.4 Å². The molecular weight excluding hydrogens is 291 g/mol. The average molecular weight is 307 g/mol. The molecule has 0 aliphatic carbocycles. The van der Waals surface area contributed by atoms with Crippen molar-refractivity contribution in [1.29, 1.82) is 0 Å². The summed E-state index contributed by atoms with van der Waals surface area (Å²) in [5, 5.41) is 13.8. The second-order valence-electron chi connectivity index (χ2n) is 4.07. The van der Waals surface area contributed by atoms with Gasteiger partial charge in [0.15, 0.2) is 0 Å². The first kappa shape index (κ1) is 16.0. The molecule has 0 saturated heterocycles. The fraction of sp³-hybridized carbons (Fsp3) is 0.500. The molecule has 1 atom stereocenters. The van der Waals surface area contributed by atoms with E-state index < -0.39 is 10.7 Å². The Labute approximate surface area is 120 Å². The minimum absolute atomic E-state index is 0.0549. The predicted molar refractivity (Wildman–Crippen MR) is 78.8 cm³/mol. The minimum Gasteiger partial charge on any atom is -0.377 e. The van der Waals surface area contributed by atoms with E-state index in [1.54, 1.807) is 11.8 Å². The quantitative estimate of drug-likeness (QED) is 0.463. The van der Waals surface area contributed by atoms with Crippen molar-refractivity contribution in [1.82, 2.24) is 0 Å². The number of anilines is 1. The standard InChI is InChI=1S/C12H16ClFN2O2S/c1-3-19-5-4-8(2)15-11-6-9(13)10(14)7-12(11)16(17)18/h6-8,15H,3-5H2,1-2H3. The van der Waals surface area contributed by atoms with E-state index in [0.29, 0.717) is 0 Å². The normalized spacial score (nSPS) is 12.2. The molecule has 0 bridgehead atoms. The molecule has 0 amide bonds. The van der Waals surface area contributed by atoms with Gasteiger partial charge in [0.1, 0.15) is 11.5 Å².